The van der Waals surface area contributed by atoms with Crippen molar-refractivity contribution in [3.8, 4) is 11.5 Å². The first kappa shape index (κ1) is 13.4. The number of ether oxygens (including phenoxy) is 1. The van der Waals surface area contributed by atoms with Crippen molar-refractivity contribution in [2.24, 2.45) is 0 Å². The first-order valence-corrected chi connectivity index (χ1v) is 6.90. The number of halogens is 2. The average Bonchev–Trinajstić information content (AvgIpc) is 2.34. The zero-order chi connectivity index (χ0) is 13.1. The van der Waals surface area contributed by atoms with Crippen LogP contribution in [0, 0.1) is 3.57 Å². The fourth-order valence-electron chi connectivity index (χ4n) is 1.39. The molecule has 0 unspecified atom stereocenters. The molecule has 18 heavy (non-hydrogen) atoms. The van der Waals surface area contributed by atoms with Gasteiger partial charge in [-0.3, -0.25) is 0 Å². The lowest BCUT2D eigenvalue weighted by Gasteiger charge is -2.09. The maximum Gasteiger partial charge on any atom is 0.339 e. The Morgan fingerprint density at radius 2 is 1.83 bits per heavy atom. The van der Waals surface area contributed by atoms with Crippen LogP contribution in [0.25, 0.3) is 0 Å². The first-order valence-electron chi connectivity index (χ1n) is 5.02. The maximum absolute atomic E-state index is 11.1. The topological polar surface area (TPSA) is 46.5 Å². The predicted octanol–water partition coefficient (Wildman–Crippen LogP) is 4.54. The molecule has 0 fully saturated rings. The maximum atomic E-state index is 11.1. The van der Waals surface area contributed by atoms with Crippen LogP contribution in [-0.4, -0.2) is 11.1 Å². The van der Waals surface area contributed by atoms with Crippen molar-refractivity contribution in [3.05, 3.63) is 56.1 Å². The molecule has 0 saturated heterocycles. The van der Waals surface area contributed by atoms with Gasteiger partial charge in [-0.15, -0.1) is 0 Å². The third-order valence-electron chi connectivity index (χ3n) is 2.21. The van der Waals surface area contributed by atoms with E-state index in [9.17, 15) is 4.79 Å². The van der Waals surface area contributed by atoms with Gasteiger partial charge in [0.1, 0.15) is 17.1 Å². The summed E-state index contributed by atoms with van der Waals surface area (Å²) in [5.41, 5.74) is 0.157. The van der Waals surface area contributed by atoms with Crippen molar-refractivity contribution in [1.82, 2.24) is 0 Å². The summed E-state index contributed by atoms with van der Waals surface area (Å²) in [7, 11) is 0. The predicted molar refractivity (Wildman–Crippen MR) is 80.3 cm³/mol. The second kappa shape index (κ2) is 5.71. The quantitative estimate of drug-likeness (QED) is 0.744. The van der Waals surface area contributed by atoms with Gasteiger partial charge in [0.2, 0.25) is 0 Å². The number of benzene rings is 2. The van der Waals surface area contributed by atoms with E-state index in [2.05, 4.69) is 38.5 Å². The van der Waals surface area contributed by atoms with Crippen LogP contribution in [0.1, 0.15) is 10.4 Å². The third-order valence-corrected chi connectivity index (χ3v) is 3.41. The van der Waals surface area contributed by atoms with Gasteiger partial charge in [-0.2, -0.15) is 0 Å². The summed E-state index contributed by atoms with van der Waals surface area (Å²) in [5.74, 6) is -0.0622. The van der Waals surface area contributed by atoms with E-state index in [4.69, 9.17) is 9.84 Å². The Labute approximate surface area is 126 Å². The van der Waals surface area contributed by atoms with Crippen LogP contribution < -0.4 is 4.74 Å². The normalized spacial score (nSPS) is 10.1. The molecule has 0 aliphatic heterocycles. The van der Waals surface area contributed by atoms with Gasteiger partial charge >= 0.3 is 5.97 Å². The third kappa shape index (κ3) is 3.23. The molecule has 2 aromatic rings. The molecule has 0 aromatic heterocycles. The van der Waals surface area contributed by atoms with Gasteiger partial charge in [-0.25, -0.2) is 4.79 Å². The number of hydrogen-bond acceptors (Lipinski definition) is 2. The van der Waals surface area contributed by atoms with E-state index in [0.717, 1.165) is 8.04 Å². The van der Waals surface area contributed by atoms with Crippen LogP contribution in [0.15, 0.2) is 46.9 Å². The molecule has 5 heteroatoms. The van der Waals surface area contributed by atoms with Gasteiger partial charge in [0, 0.05) is 8.04 Å². The highest BCUT2D eigenvalue weighted by Crippen LogP contribution is 2.27. The van der Waals surface area contributed by atoms with E-state index in [0.29, 0.717) is 11.5 Å². The SMILES string of the molecule is O=C(O)c1cc(I)ccc1Oc1ccc(Br)cc1. The highest BCUT2D eigenvalue weighted by Gasteiger charge is 2.12. The Bertz CT molecular complexity index is 581. The lowest BCUT2D eigenvalue weighted by Crippen LogP contribution is -2.00. The Hall–Kier alpha value is -1.08. The summed E-state index contributed by atoms with van der Waals surface area (Å²) >= 11 is 5.39. The number of aromatic carboxylic acids is 1. The summed E-state index contributed by atoms with van der Waals surface area (Å²) in [6, 6.07) is 12.3. The van der Waals surface area contributed by atoms with E-state index in [1.54, 1.807) is 30.3 Å². The lowest BCUT2D eigenvalue weighted by atomic mass is 10.2. The second-order valence-corrected chi connectivity index (χ2v) is 5.66. The molecular weight excluding hydrogens is 411 g/mol. The molecule has 0 saturated carbocycles. The molecule has 0 amide bonds. The molecule has 0 bridgehead atoms. The fraction of sp³-hybridized carbons (Fsp3) is 0. The summed E-state index contributed by atoms with van der Waals surface area (Å²) in [6.45, 7) is 0. The molecular formula is C13H8BrIO3. The number of carboxylic acids is 1. The number of carboxylic acid groups (broad SMARTS) is 1. The molecule has 3 nitrogen and oxygen atoms in total. The average molecular weight is 419 g/mol. The zero-order valence-corrected chi connectivity index (χ0v) is 12.8. The van der Waals surface area contributed by atoms with Crippen LogP contribution in [0.2, 0.25) is 0 Å². The highest BCUT2D eigenvalue weighted by atomic mass is 127. The number of carbonyl (C=O) groups is 1. The molecule has 2 rings (SSSR count). The molecule has 0 radical (unpaired) electrons. The standard InChI is InChI=1S/C13H8BrIO3/c14-8-1-4-10(5-2-8)18-12-6-3-9(15)7-11(12)13(16)17/h1-7H,(H,16,17). The van der Waals surface area contributed by atoms with Crippen molar-refractivity contribution in [3.63, 3.8) is 0 Å². The van der Waals surface area contributed by atoms with Crippen molar-refractivity contribution < 1.29 is 14.6 Å². The van der Waals surface area contributed by atoms with Gasteiger partial charge in [0.25, 0.3) is 0 Å². The van der Waals surface area contributed by atoms with Crippen molar-refractivity contribution in [2.45, 2.75) is 0 Å². The van der Waals surface area contributed by atoms with Crippen LogP contribution in [0.4, 0.5) is 0 Å². The zero-order valence-electron chi connectivity index (χ0n) is 9.06. The van der Waals surface area contributed by atoms with Crippen molar-refractivity contribution >= 4 is 44.5 Å². The molecule has 0 aliphatic carbocycles. The van der Waals surface area contributed by atoms with Gasteiger partial charge in [-0.1, -0.05) is 15.9 Å². The smallest absolute Gasteiger partial charge is 0.339 e. The van der Waals surface area contributed by atoms with Gasteiger partial charge in [-0.05, 0) is 65.1 Å². The molecule has 2 aromatic carbocycles. The summed E-state index contributed by atoms with van der Waals surface area (Å²) in [4.78, 5) is 11.1. The monoisotopic (exact) mass is 418 g/mol. The molecule has 0 atom stereocenters. The first-order chi connectivity index (χ1) is 8.56. The van der Waals surface area contributed by atoms with Crippen LogP contribution in [0.5, 0.6) is 11.5 Å². The van der Waals surface area contributed by atoms with Gasteiger partial charge in [0.05, 0.1) is 0 Å². The van der Waals surface area contributed by atoms with E-state index in [1.165, 1.54) is 0 Å². The Balaban J connectivity index is 2.34. The minimum atomic E-state index is -0.999. The minimum absolute atomic E-state index is 0.157. The molecule has 0 aliphatic rings. The second-order valence-electron chi connectivity index (χ2n) is 3.50. The van der Waals surface area contributed by atoms with E-state index in [1.807, 2.05) is 12.1 Å². The van der Waals surface area contributed by atoms with Gasteiger partial charge < -0.3 is 9.84 Å². The summed E-state index contributed by atoms with van der Waals surface area (Å²) in [6.07, 6.45) is 0. The van der Waals surface area contributed by atoms with E-state index >= 15 is 0 Å². The van der Waals surface area contributed by atoms with Crippen LogP contribution in [0.3, 0.4) is 0 Å². The van der Waals surface area contributed by atoms with Gasteiger partial charge in [0.15, 0.2) is 0 Å². The highest BCUT2D eigenvalue weighted by molar-refractivity contribution is 14.1. The minimum Gasteiger partial charge on any atom is -0.478 e. The Kier molecular flexibility index (Phi) is 4.23. The van der Waals surface area contributed by atoms with Crippen molar-refractivity contribution in [1.29, 1.82) is 0 Å². The molecule has 92 valence electrons. The van der Waals surface area contributed by atoms with Crippen molar-refractivity contribution in [2.75, 3.05) is 0 Å². The van der Waals surface area contributed by atoms with E-state index < -0.39 is 5.97 Å². The molecule has 0 heterocycles. The number of hydrogen-bond donors (Lipinski definition) is 1. The van der Waals surface area contributed by atoms with E-state index in [-0.39, 0.29) is 5.56 Å². The largest absolute Gasteiger partial charge is 0.478 e. The Morgan fingerprint density at radius 1 is 1.17 bits per heavy atom. The molecule has 0 spiro atoms. The lowest BCUT2D eigenvalue weighted by molar-refractivity contribution is 0.0694. The fourth-order valence-corrected chi connectivity index (χ4v) is 2.14. The summed E-state index contributed by atoms with van der Waals surface area (Å²) in [5, 5.41) is 9.12. The molecule has 1 N–H and O–H groups in total. The van der Waals surface area contributed by atoms with Crippen LogP contribution in [-0.2, 0) is 0 Å². The van der Waals surface area contributed by atoms with Crippen LogP contribution >= 0.6 is 38.5 Å². The Morgan fingerprint density at radius 3 is 2.44 bits per heavy atom. The number of rotatable bonds is 3. The summed E-state index contributed by atoms with van der Waals surface area (Å²) < 4.78 is 7.37.